The van der Waals surface area contributed by atoms with E-state index >= 15 is 0 Å². The van der Waals surface area contributed by atoms with Gasteiger partial charge < -0.3 is 9.05 Å². The van der Waals surface area contributed by atoms with Gasteiger partial charge in [-0.3, -0.25) is 9.36 Å². The molecule has 0 aliphatic heterocycles. The second-order valence-corrected chi connectivity index (χ2v) is 7.44. The van der Waals surface area contributed by atoms with E-state index in [0.29, 0.717) is 26.1 Å². The van der Waals surface area contributed by atoms with Crippen molar-refractivity contribution in [3.63, 3.8) is 0 Å². The lowest BCUT2D eigenvalue weighted by Gasteiger charge is -2.36. The maximum Gasteiger partial charge on any atom is 0.334 e. The van der Waals surface area contributed by atoms with Gasteiger partial charge in [0.2, 0.25) is 0 Å². The predicted octanol–water partition coefficient (Wildman–Crippen LogP) is 3.81. The van der Waals surface area contributed by atoms with Crippen LogP contribution in [0.15, 0.2) is 12.2 Å². The molecule has 4 nitrogen and oxygen atoms in total. The van der Waals surface area contributed by atoms with Crippen molar-refractivity contribution in [3.05, 3.63) is 12.2 Å². The number of carbonyl (C=O) groups excluding carboxylic acids is 1. The zero-order chi connectivity index (χ0) is 14.6. The van der Waals surface area contributed by atoms with E-state index in [1.165, 1.54) is 0 Å². The first-order valence-corrected chi connectivity index (χ1v) is 8.53. The lowest BCUT2D eigenvalue weighted by molar-refractivity contribution is -0.125. The Hall–Kier alpha value is -0.440. The summed E-state index contributed by atoms with van der Waals surface area (Å²) in [7, 11) is -3.23. The van der Waals surface area contributed by atoms with Crippen LogP contribution in [0.4, 0.5) is 0 Å². The van der Waals surface area contributed by atoms with Crippen molar-refractivity contribution in [1.29, 1.82) is 0 Å². The van der Waals surface area contributed by atoms with Crippen molar-refractivity contribution in [3.8, 4) is 0 Å². The third-order valence-electron chi connectivity index (χ3n) is 3.78. The molecule has 0 aromatic carbocycles. The van der Waals surface area contributed by atoms with E-state index in [4.69, 9.17) is 9.05 Å². The molecule has 0 bridgehead atoms. The molecule has 0 amide bonds. The Morgan fingerprint density at radius 2 is 1.89 bits per heavy atom. The fraction of sp³-hybridized carbons (Fsp3) is 0.786. The first kappa shape index (κ1) is 16.6. The van der Waals surface area contributed by atoms with Crippen LogP contribution in [0.2, 0.25) is 0 Å². The molecule has 0 aromatic rings. The number of allylic oxidation sites excluding steroid dienone is 1. The maximum absolute atomic E-state index is 12.9. The van der Waals surface area contributed by atoms with Gasteiger partial charge in [0.05, 0.1) is 18.9 Å². The third kappa shape index (κ3) is 3.77. The van der Waals surface area contributed by atoms with E-state index in [1.807, 2.05) is 13.8 Å². The minimum absolute atomic E-state index is 0.0861. The summed E-state index contributed by atoms with van der Waals surface area (Å²) in [4.78, 5) is 12.1. The zero-order valence-electron chi connectivity index (χ0n) is 12.3. The standard InChI is InChI=1S/C14H25O4P/c1-6-17-19(16,18-7-2)14-9-12(10(3)4)8-13(15)11(14)5/h11-12,14H,3,6-9H2,1-2,4-5H3/t11-,12-,14+/m0/s1. The van der Waals surface area contributed by atoms with Crippen LogP contribution in [-0.4, -0.2) is 24.7 Å². The van der Waals surface area contributed by atoms with E-state index in [0.717, 1.165) is 5.57 Å². The summed E-state index contributed by atoms with van der Waals surface area (Å²) < 4.78 is 23.7. The third-order valence-corrected chi connectivity index (χ3v) is 6.49. The Morgan fingerprint density at radius 1 is 1.37 bits per heavy atom. The number of rotatable bonds is 6. The molecule has 0 radical (unpaired) electrons. The number of ketones is 1. The van der Waals surface area contributed by atoms with E-state index < -0.39 is 7.60 Å². The lowest BCUT2D eigenvalue weighted by Crippen LogP contribution is -2.36. The van der Waals surface area contributed by atoms with Gasteiger partial charge in [0.25, 0.3) is 0 Å². The van der Waals surface area contributed by atoms with E-state index in [9.17, 15) is 9.36 Å². The average molecular weight is 288 g/mol. The van der Waals surface area contributed by atoms with Crippen molar-refractivity contribution in [1.82, 2.24) is 0 Å². The Labute approximate surface area is 116 Å². The monoisotopic (exact) mass is 288 g/mol. The van der Waals surface area contributed by atoms with Crippen LogP contribution in [0.25, 0.3) is 0 Å². The van der Waals surface area contributed by atoms with Crippen LogP contribution in [0.1, 0.15) is 40.5 Å². The van der Waals surface area contributed by atoms with Crippen LogP contribution >= 0.6 is 7.60 Å². The molecule has 3 atom stereocenters. The Kier molecular flexibility index (Phi) is 5.97. The van der Waals surface area contributed by atoms with Crippen molar-refractivity contribution < 1.29 is 18.4 Å². The summed E-state index contributed by atoms with van der Waals surface area (Å²) >= 11 is 0. The molecule has 1 saturated carbocycles. The molecule has 19 heavy (non-hydrogen) atoms. The highest BCUT2D eigenvalue weighted by Crippen LogP contribution is 2.59. The highest BCUT2D eigenvalue weighted by molar-refractivity contribution is 7.54. The summed E-state index contributed by atoms with van der Waals surface area (Å²) in [5.41, 5.74) is 0.611. The molecule has 1 aliphatic carbocycles. The van der Waals surface area contributed by atoms with E-state index in [2.05, 4.69) is 6.58 Å². The molecule has 1 rings (SSSR count). The second-order valence-electron chi connectivity index (χ2n) is 5.18. The summed E-state index contributed by atoms with van der Waals surface area (Å²) in [5, 5.41) is 0. The van der Waals surface area contributed by atoms with Gasteiger partial charge >= 0.3 is 7.60 Å². The maximum atomic E-state index is 12.9. The molecular weight excluding hydrogens is 263 g/mol. The van der Waals surface area contributed by atoms with E-state index in [1.54, 1.807) is 13.8 Å². The molecule has 0 spiro atoms. The van der Waals surface area contributed by atoms with Crippen molar-refractivity contribution >= 4 is 13.4 Å². The van der Waals surface area contributed by atoms with Gasteiger partial charge in [0.15, 0.2) is 0 Å². The highest BCUT2D eigenvalue weighted by atomic mass is 31.2. The largest absolute Gasteiger partial charge is 0.334 e. The number of carbonyl (C=O) groups is 1. The fourth-order valence-electron chi connectivity index (χ4n) is 2.59. The molecule has 5 heteroatoms. The normalized spacial score (nSPS) is 28.4. The molecule has 0 saturated heterocycles. The Balaban J connectivity index is 3.01. The summed E-state index contributed by atoms with van der Waals surface area (Å²) in [5.74, 6) is -0.0636. The summed E-state index contributed by atoms with van der Waals surface area (Å²) in [6.45, 7) is 11.9. The van der Waals surface area contributed by atoms with Crippen molar-refractivity contribution in [2.24, 2.45) is 11.8 Å². The number of Topliss-reactive ketones (excluding diaryl/α,β-unsaturated/α-hetero) is 1. The predicted molar refractivity (Wildman–Crippen MR) is 76.4 cm³/mol. The van der Waals surface area contributed by atoms with Crippen LogP contribution in [0, 0.1) is 11.8 Å². The minimum atomic E-state index is -3.23. The van der Waals surface area contributed by atoms with Gasteiger partial charge in [-0.1, -0.05) is 19.1 Å². The van der Waals surface area contributed by atoms with Crippen LogP contribution in [0.3, 0.4) is 0 Å². The van der Waals surface area contributed by atoms with Gasteiger partial charge in [0, 0.05) is 12.3 Å². The lowest BCUT2D eigenvalue weighted by atomic mass is 9.79. The van der Waals surface area contributed by atoms with Gasteiger partial charge in [0.1, 0.15) is 5.78 Å². The van der Waals surface area contributed by atoms with Crippen molar-refractivity contribution in [2.45, 2.75) is 46.2 Å². The molecule has 0 aromatic heterocycles. The van der Waals surface area contributed by atoms with Gasteiger partial charge in [-0.25, -0.2) is 0 Å². The Bertz CT molecular complexity index is 381. The summed E-state index contributed by atoms with van der Waals surface area (Å²) in [6, 6.07) is 0. The molecule has 110 valence electrons. The quantitative estimate of drug-likeness (QED) is 0.551. The first-order chi connectivity index (χ1) is 8.85. The zero-order valence-corrected chi connectivity index (χ0v) is 13.2. The Morgan fingerprint density at radius 3 is 2.32 bits per heavy atom. The first-order valence-electron chi connectivity index (χ1n) is 6.92. The SMILES string of the molecule is C=C(C)[C@H]1CC(=O)[C@H](C)[C@H](P(=O)(OCC)OCC)C1. The minimum Gasteiger partial charge on any atom is -0.309 e. The molecule has 1 aliphatic rings. The van der Waals surface area contributed by atoms with Gasteiger partial charge in [-0.2, -0.15) is 0 Å². The summed E-state index contributed by atoms with van der Waals surface area (Å²) in [6.07, 6.45) is 1.14. The fourth-order valence-corrected chi connectivity index (χ4v) is 4.99. The molecule has 1 fully saturated rings. The van der Waals surface area contributed by atoms with Crippen molar-refractivity contribution in [2.75, 3.05) is 13.2 Å². The van der Waals surface area contributed by atoms with Gasteiger partial charge in [-0.05, 0) is 33.1 Å². The second kappa shape index (κ2) is 6.83. The number of hydrogen-bond donors (Lipinski definition) is 0. The smallest absolute Gasteiger partial charge is 0.309 e. The highest BCUT2D eigenvalue weighted by Gasteiger charge is 2.46. The van der Waals surface area contributed by atoms with Gasteiger partial charge in [-0.15, -0.1) is 0 Å². The topological polar surface area (TPSA) is 52.6 Å². The van der Waals surface area contributed by atoms with Crippen LogP contribution < -0.4 is 0 Å². The molecule has 0 unspecified atom stereocenters. The van der Waals surface area contributed by atoms with Crippen LogP contribution in [-0.2, 0) is 18.4 Å². The molecular formula is C14H25O4P. The molecule has 0 heterocycles. The van der Waals surface area contributed by atoms with Crippen LogP contribution in [0.5, 0.6) is 0 Å². The molecule has 0 N–H and O–H groups in total. The van der Waals surface area contributed by atoms with E-state index in [-0.39, 0.29) is 23.3 Å². The number of hydrogen-bond acceptors (Lipinski definition) is 4. The average Bonchev–Trinajstić information content (AvgIpc) is 2.32.